The second-order valence-corrected chi connectivity index (χ2v) is 29.1. The molecule has 5 heterocycles. The number of H-pyrrole nitrogens is 2. The van der Waals surface area contributed by atoms with Crippen LogP contribution in [0.25, 0.3) is 89.7 Å². The van der Waals surface area contributed by atoms with E-state index in [1.165, 1.54) is 51.4 Å². The van der Waals surface area contributed by atoms with Crippen LogP contribution in [0.1, 0.15) is 305 Å². The average molecular weight is 1430 g/mol. The van der Waals surface area contributed by atoms with Gasteiger partial charge in [0.1, 0.15) is 22.6 Å². The van der Waals surface area contributed by atoms with Crippen molar-refractivity contribution < 1.29 is 37.9 Å². The van der Waals surface area contributed by atoms with E-state index < -0.39 is 0 Å². The monoisotopic (exact) mass is 1430 g/mol. The largest absolute Gasteiger partial charge is 0.377 e. The molecule has 2 aliphatic heterocycles. The number of aromatic amines is 2. The Morgan fingerprint density at radius 1 is 0.202 bits per heavy atom. The van der Waals surface area contributed by atoms with E-state index in [0.29, 0.717) is 152 Å². The van der Waals surface area contributed by atoms with Gasteiger partial charge in [0.25, 0.3) is 0 Å². The third-order valence-corrected chi connectivity index (χ3v) is 20.3. The summed E-state index contributed by atoms with van der Waals surface area (Å²) in [6.07, 6.45) is 35.4. The summed E-state index contributed by atoms with van der Waals surface area (Å²) in [6, 6.07) is 17.6. The van der Waals surface area contributed by atoms with Gasteiger partial charge in [-0.25, -0.2) is 29.9 Å². The van der Waals surface area contributed by atoms with Gasteiger partial charge in [-0.3, -0.25) is 0 Å². The molecule has 0 radical (unpaired) electrons. The van der Waals surface area contributed by atoms with Crippen molar-refractivity contribution in [2.75, 3.05) is 52.9 Å². The zero-order valence-corrected chi connectivity index (χ0v) is 65.5. The van der Waals surface area contributed by atoms with E-state index in [-0.39, 0.29) is 0 Å². The van der Waals surface area contributed by atoms with Crippen LogP contribution in [0.3, 0.4) is 0 Å². The molecule has 0 amide bonds. The predicted octanol–water partition coefficient (Wildman–Crippen LogP) is 23.6. The summed E-state index contributed by atoms with van der Waals surface area (Å²) in [5.74, 6) is 2.07. The average Bonchev–Trinajstić information content (AvgIpc) is 1.58. The van der Waals surface area contributed by atoms with E-state index in [1.807, 2.05) is 0 Å². The summed E-state index contributed by atoms with van der Waals surface area (Å²) in [5, 5.41) is 3.60. The van der Waals surface area contributed by atoms with E-state index in [2.05, 4.69) is 114 Å². The van der Waals surface area contributed by atoms with Crippen LogP contribution in [-0.4, -0.2) is 92.7 Å². The molecule has 3 aromatic heterocycles. The van der Waals surface area contributed by atoms with Gasteiger partial charge >= 0.3 is 0 Å². The maximum Gasteiger partial charge on any atom is 0.165 e. The highest BCUT2D eigenvalue weighted by Crippen LogP contribution is 2.44. The van der Waals surface area contributed by atoms with Crippen LogP contribution in [0.15, 0.2) is 48.5 Å². The van der Waals surface area contributed by atoms with E-state index in [9.17, 15) is 0 Å². The Morgan fingerprint density at radius 2 is 0.365 bits per heavy atom. The summed E-state index contributed by atoms with van der Waals surface area (Å²) in [5.41, 5.74) is 13.8. The number of aromatic nitrogens is 8. The molecule has 570 valence electrons. The van der Waals surface area contributed by atoms with Crippen molar-refractivity contribution in [3.63, 3.8) is 0 Å². The Kier molecular flexibility index (Phi) is 37.0. The molecule has 16 heteroatoms. The van der Waals surface area contributed by atoms with Gasteiger partial charge < -0.3 is 47.9 Å². The number of unbranched alkanes of at least 4 members (excludes halogenated alkanes) is 24. The first kappa shape index (κ1) is 82.0. The molecule has 104 heavy (non-hydrogen) atoms. The maximum absolute atomic E-state index is 6.72. The van der Waals surface area contributed by atoms with Crippen LogP contribution in [-0.2, 0) is 90.7 Å². The zero-order valence-electron chi connectivity index (χ0n) is 65.5. The molecule has 7 aromatic rings. The third kappa shape index (κ3) is 24.0. The zero-order chi connectivity index (χ0) is 72.8. The van der Waals surface area contributed by atoms with Crippen LogP contribution < -0.4 is 0 Å². The van der Waals surface area contributed by atoms with Crippen molar-refractivity contribution in [3.8, 4) is 45.6 Å². The van der Waals surface area contributed by atoms with Crippen molar-refractivity contribution in [3.05, 3.63) is 93.0 Å². The Labute approximate surface area is 623 Å². The summed E-state index contributed by atoms with van der Waals surface area (Å²) in [6.45, 7) is 26.0. The number of rotatable bonds is 56. The molecule has 0 spiro atoms. The fraction of sp³-hybridized carbons (Fsp3) is 0.636. The Bertz CT molecular complexity index is 3360. The van der Waals surface area contributed by atoms with Crippen LogP contribution >= 0.6 is 0 Å². The molecule has 2 N–H and O–H groups in total. The molecule has 4 aromatic carbocycles. The highest BCUT2D eigenvalue weighted by Gasteiger charge is 2.31. The molecule has 0 saturated carbocycles. The van der Waals surface area contributed by atoms with Crippen molar-refractivity contribution in [1.82, 2.24) is 39.9 Å². The maximum atomic E-state index is 6.72. The lowest BCUT2D eigenvalue weighted by Gasteiger charge is -2.14. The number of hydrogen-bond acceptors (Lipinski definition) is 14. The van der Waals surface area contributed by atoms with Gasteiger partial charge in [0.15, 0.2) is 23.3 Å². The number of fused-ring (bicyclic) bond motifs is 20. The van der Waals surface area contributed by atoms with E-state index in [4.69, 9.17) is 67.8 Å². The Morgan fingerprint density at radius 3 is 0.538 bits per heavy atom. The molecular weight excluding hydrogens is 1300 g/mol. The van der Waals surface area contributed by atoms with Crippen molar-refractivity contribution in [2.24, 2.45) is 0 Å². The van der Waals surface area contributed by atoms with Crippen LogP contribution in [0.5, 0.6) is 0 Å². The first-order chi connectivity index (χ1) is 51.4. The SMILES string of the molecule is CCCCCCOCc1ccc(COCCCCCC)c2c1-c1nc-2nc2[nH]c(nc3nc(nc4[nH]c(n1)c1c(COCCCCCC)ccc(COCCCCCC)c41)-c1c(COCCCCCC)ccc(COCCCCCC)c1-3)c1c(COCCCCCC)ccc(COCCCCCC)c21. The fourth-order valence-corrected chi connectivity index (χ4v) is 14.3. The molecule has 2 aliphatic rings. The van der Waals surface area contributed by atoms with Crippen molar-refractivity contribution >= 4 is 44.1 Å². The Balaban J connectivity index is 1.42. The number of benzene rings is 4. The molecule has 16 nitrogen and oxygen atoms in total. The van der Waals surface area contributed by atoms with Crippen molar-refractivity contribution in [2.45, 2.75) is 314 Å². The molecule has 0 aliphatic carbocycles. The number of hydrogen-bond donors (Lipinski definition) is 2. The van der Waals surface area contributed by atoms with Gasteiger partial charge in [0, 0.05) is 96.7 Å². The van der Waals surface area contributed by atoms with Crippen LogP contribution in [0, 0.1) is 0 Å². The lowest BCUT2D eigenvalue weighted by Crippen LogP contribution is -2.03. The molecule has 8 bridgehead atoms. The third-order valence-electron chi connectivity index (χ3n) is 20.3. The van der Waals surface area contributed by atoms with Gasteiger partial charge in [-0.1, -0.05) is 258 Å². The quantitative estimate of drug-likeness (QED) is 0.0343. The minimum Gasteiger partial charge on any atom is -0.377 e. The molecule has 0 fully saturated rings. The fourth-order valence-electron chi connectivity index (χ4n) is 14.3. The lowest BCUT2D eigenvalue weighted by atomic mass is 9.96. The van der Waals surface area contributed by atoms with Gasteiger partial charge in [-0.15, -0.1) is 0 Å². The smallest absolute Gasteiger partial charge is 0.165 e. The van der Waals surface area contributed by atoms with Gasteiger partial charge in [0.05, 0.1) is 52.9 Å². The lowest BCUT2D eigenvalue weighted by molar-refractivity contribution is 0.115. The molecule has 0 unspecified atom stereocenters. The van der Waals surface area contributed by atoms with Gasteiger partial charge in [-0.05, 0) is 95.9 Å². The minimum atomic E-state index is 0.363. The minimum absolute atomic E-state index is 0.363. The standard InChI is InChI=1S/C88H130N8O8/c1-9-17-25-33-49-97-57-65-41-42-66(58-98-50-34-26-18-10-2)74-73(65)81-89-82(74)94-84-77-69(61-101-53-37-29-21-13-5)45-46-70(62-102-54-38-30-22-14-6)78(77)86(91-84)96-88-80-72(64-104-56-40-32-24-16-8)48-47-71(63-103-55-39-31-23-15-7)79(80)87(92-88)95-85-76-68(60-100-52-36-28-20-12-4)44-43-67(75(76)83(90-85)93-81)59-99-51-35-27-19-11-3/h41-48H,9-40,49-64H2,1-8H3,(H2,89,90,91,92,93,94,95,96). The molecule has 0 atom stereocenters. The highest BCUT2D eigenvalue weighted by molar-refractivity contribution is 6.10. The first-order valence-corrected chi connectivity index (χ1v) is 41.4. The van der Waals surface area contributed by atoms with Crippen LogP contribution in [0.4, 0.5) is 0 Å². The van der Waals surface area contributed by atoms with Crippen molar-refractivity contribution in [1.29, 1.82) is 0 Å². The summed E-state index contributed by atoms with van der Waals surface area (Å²) >= 11 is 0. The predicted molar refractivity (Wildman–Crippen MR) is 426 cm³/mol. The molecule has 9 rings (SSSR count). The van der Waals surface area contributed by atoms with Gasteiger partial charge in [0.2, 0.25) is 0 Å². The first-order valence-electron chi connectivity index (χ1n) is 41.4. The van der Waals surface area contributed by atoms with E-state index in [0.717, 1.165) is 242 Å². The number of ether oxygens (including phenoxy) is 8. The second kappa shape index (κ2) is 46.9. The molecular formula is C88H130N8O8. The second-order valence-electron chi connectivity index (χ2n) is 29.1. The van der Waals surface area contributed by atoms with E-state index >= 15 is 0 Å². The summed E-state index contributed by atoms with van der Waals surface area (Å²) in [7, 11) is 0. The number of nitrogens with zero attached hydrogens (tertiary/aromatic N) is 6. The van der Waals surface area contributed by atoms with Crippen LogP contribution in [0.2, 0.25) is 0 Å². The summed E-state index contributed by atoms with van der Waals surface area (Å²) < 4.78 is 53.7. The Hall–Kier alpha value is -6.08. The van der Waals surface area contributed by atoms with E-state index in [1.54, 1.807) is 0 Å². The topological polar surface area (TPSA) is 183 Å². The normalized spacial score (nSPS) is 12.1. The number of nitrogens with one attached hydrogen (secondary N) is 2. The van der Waals surface area contributed by atoms with Gasteiger partial charge in [-0.2, -0.15) is 0 Å². The summed E-state index contributed by atoms with van der Waals surface area (Å²) in [4.78, 5) is 42.8. The molecule has 0 saturated heterocycles. The highest BCUT2D eigenvalue weighted by atomic mass is 16.5.